The van der Waals surface area contributed by atoms with Crippen molar-refractivity contribution >= 4 is 27.7 Å². The van der Waals surface area contributed by atoms with Crippen LogP contribution in [0.4, 0.5) is 19.0 Å². The van der Waals surface area contributed by atoms with Gasteiger partial charge in [0.15, 0.2) is 0 Å². The second-order valence-corrected chi connectivity index (χ2v) is 6.60. The maximum atomic E-state index is 12.6. The van der Waals surface area contributed by atoms with Gasteiger partial charge in [0.05, 0.1) is 5.56 Å². The molecule has 4 nitrogen and oxygen atoms in total. The molecular weight excluding hydrogens is 399 g/mol. The van der Waals surface area contributed by atoms with Crippen molar-refractivity contribution in [2.24, 2.45) is 0 Å². The molecule has 8 heteroatoms. The van der Waals surface area contributed by atoms with Crippen molar-refractivity contribution in [3.63, 3.8) is 0 Å². The molecule has 1 saturated heterocycles. The molecule has 2 aromatic rings. The highest BCUT2D eigenvalue weighted by Crippen LogP contribution is 2.29. The summed E-state index contributed by atoms with van der Waals surface area (Å²) < 4.78 is 38.7. The summed E-state index contributed by atoms with van der Waals surface area (Å²) in [6.45, 7) is 2.25. The lowest BCUT2D eigenvalue weighted by atomic mass is 10.1. The summed E-state index contributed by atoms with van der Waals surface area (Å²) in [6, 6.07) is 8.14. The van der Waals surface area contributed by atoms with E-state index in [1.165, 1.54) is 12.1 Å². The molecule has 1 aromatic carbocycles. The van der Waals surface area contributed by atoms with Crippen LogP contribution in [0.15, 0.2) is 47.1 Å². The average Bonchev–Trinajstić information content (AvgIpc) is 2.61. The van der Waals surface area contributed by atoms with Gasteiger partial charge in [0.25, 0.3) is 5.91 Å². The van der Waals surface area contributed by atoms with Crippen molar-refractivity contribution in [1.82, 2.24) is 9.88 Å². The number of alkyl halides is 3. The predicted octanol–water partition coefficient (Wildman–Crippen LogP) is 3.83. The van der Waals surface area contributed by atoms with Gasteiger partial charge in [0.2, 0.25) is 0 Å². The lowest BCUT2D eigenvalue weighted by Crippen LogP contribution is -2.49. The molecule has 2 heterocycles. The third-order valence-corrected chi connectivity index (χ3v) is 4.53. The van der Waals surface area contributed by atoms with Crippen LogP contribution in [-0.4, -0.2) is 42.0 Å². The molecule has 25 heavy (non-hydrogen) atoms. The highest BCUT2D eigenvalue weighted by molar-refractivity contribution is 9.10. The molecule has 3 rings (SSSR count). The zero-order valence-corrected chi connectivity index (χ0v) is 14.7. The number of halogens is 4. The Morgan fingerprint density at radius 2 is 1.64 bits per heavy atom. The van der Waals surface area contributed by atoms with E-state index in [4.69, 9.17) is 0 Å². The van der Waals surface area contributed by atoms with Gasteiger partial charge >= 0.3 is 6.18 Å². The molecule has 1 aliphatic rings. The molecule has 132 valence electrons. The van der Waals surface area contributed by atoms with E-state index in [2.05, 4.69) is 25.8 Å². The van der Waals surface area contributed by atoms with Crippen molar-refractivity contribution < 1.29 is 18.0 Å². The number of carbonyl (C=O) groups is 1. The minimum absolute atomic E-state index is 0.253. The van der Waals surface area contributed by atoms with Crippen molar-refractivity contribution in [3.8, 4) is 0 Å². The number of amides is 1. The van der Waals surface area contributed by atoms with E-state index in [1.54, 1.807) is 11.1 Å². The average molecular weight is 414 g/mol. The highest BCUT2D eigenvalue weighted by Gasteiger charge is 2.30. The number of piperazine rings is 1. The summed E-state index contributed by atoms with van der Waals surface area (Å²) in [5.41, 5.74) is -0.488. The summed E-state index contributed by atoms with van der Waals surface area (Å²) >= 11 is 3.34. The van der Waals surface area contributed by atoms with E-state index < -0.39 is 11.7 Å². The normalized spacial score (nSPS) is 15.4. The Labute approximate surface area is 151 Å². The SMILES string of the molecule is O=C(c1ccc(C(F)(F)F)cc1)N1CCN(c2ccc(Br)cn2)CC1. The molecule has 0 radical (unpaired) electrons. The first-order chi connectivity index (χ1) is 11.8. The van der Waals surface area contributed by atoms with Gasteiger partial charge in [-0.15, -0.1) is 0 Å². The molecule has 1 aliphatic heterocycles. The quantitative estimate of drug-likeness (QED) is 0.750. The van der Waals surface area contributed by atoms with Gasteiger partial charge in [-0.05, 0) is 52.3 Å². The molecule has 1 aromatic heterocycles. The Kier molecular flexibility index (Phi) is 4.99. The fourth-order valence-electron chi connectivity index (χ4n) is 2.68. The van der Waals surface area contributed by atoms with Gasteiger partial charge in [-0.25, -0.2) is 4.98 Å². The van der Waals surface area contributed by atoms with Crippen LogP contribution in [0.5, 0.6) is 0 Å². The van der Waals surface area contributed by atoms with Crippen molar-refractivity contribution in [1.29, 1.82) is 0 Å². The summed E-state index contributed by atoms with van der Waals surface area (Å²) in [7, 11) is 0. The van der Waals surface area contributed by atoms with Gasteiger partial charge in [0.1, 0.15) is 5.82 Å². The van der Waals surface area contributed by atoms with Crippen LogP contribution in [0.25, 0.3) is 0 Å². The summed E-state index contributed by atoms with van der Waals surface area (Å²) in [4.78, 5) is 20.5. The number of anilines is 1. The molecule has 0 N–H and O–H groups in total. The van der Waals surface area contributed by atoms with Crippen LogP contribution in [0.1, 0.15) is 15.9 Å². The lowest BCUT2D eigenvalue weighted by molar-refractivity contribution is -0.137. The first-order valence-corrected chi connectivity index (χ1v) is 8.47. The van der Waals surface area contributed by atoms with Crippen LogP contribution in [0.2, 0.25) is 0 Å². The summed E-state index contributed by atoms with van der Waals surface area (Å²) in [5.74, 6) is 0.585. The molecule has 0 atom stereocenters. The fourth-order valence-corrected chi connectivity index (χ4v) is 2.91. The van der Waals surface area contributed by atoms with Crippen LogP contribution in [-0.2, 0) is 6.18 Å². The van der Waals surface area contributed by atoms with Gasteiger partial charge in [0, 0.05) is 42.4 Å². The molecular formula is C17H15BrF3N3O. The first-order valence-electron chi connectivity index (χ1n) is 7.67. The maximum absolute atomic E-state index is 12.6. The highest BCUT2D eigenvalue weighted by atomic mass is 79.9. The van der Waals surface area contributed by atoms with Gasteiger partial charge in [-0.3, -0.25) is 4.79 Å². The van der Waals surface area contributed by atoms with Crippen LogP contribution < -0.4 is 4.90 Å². The Bertz CT molecular complexity index is 739. The standard InChI is InChI=1S/C17H15BrF3N3O/c18-14-5-6-15(22-11-14)23-7-9-24(10-8-23)16(25)12-1-3-13(4-2-12)17(19,20)21/h1-6,11H,7-10H2. The van der Waals surface area contributed by atoms with Gasteiger partial charge < -0.3 is 9.80 Å². The van der Waals surface area contributed by atoms with Crippen molar-refractivity contribution in [3.05, 3.63) is 58.2 Å². The zero-order valence-electron chi connectivity index (χ0n) is 13.1. The van der Waals surface area contributed by atoms with Gasteiger partial charge in [-0.2, -0.15) is 13.2 Å². The molecule has 1 fully saturated rings. The Morgan fingerprint density at radius 1 is 1.00 bits per heavy atom. The second kappa shape index (κ2) is 7.03. The van der Waals surface area contributed by atoms with E-state index in [-0.39, 0.29) is 11.5 Å². The Hall–Kier alpha value is -2.09. The van der Waals surface area contributed by atoms with E-state index in [0.717, 1.165) is 22.4 Å². The number of aromatic nitrogens is 1. The Morgan fingerprint density at radius 3 is 2.16 bits per heavy atom. The van der Waals surface area contributed by atoms with Crippen molar-refractivity contribution in [2.75, 3.05) is 31.1 Å². The fraction of sp³-hybridized carbons (Fsp3) is 0.294. The van der Waals surface area contributed by atoms with Crippen LogP contribution in [0, 0.1) is 0 Å². The number of benzene rings is 1. The third kappa shape index (κ3) is 4.12. The van der Waals surface area contributed by atoms with Crippen LogP contribution >= 0.6 is 15.9 Å². The van der Waals surface area contributed by atoms with Crippen LogP contribution in [0.3, 0.4) is 0 Å². The van der Waals surface area contributed by atoms with E-state index in [9.17, 15) is 18.0 Å². The number of hydrogen-bond acceptors (Lipinski definition) is 3. The minimum atomic E-state index is -4.40. The topological polar surface area (TPSA) is 36.4 Å². The molecule has 0 spiro atoms. The molecule has 0 aliphatic carbocycles. The number of rotatable bonds is 2. The largest absolute Gasteiger partial charge is 0.416 e. The molecule has 0 unspecified atom stereocenters. The monoisotopic (exact) mass is 413 g/mol. The zero-order chi connectivity index (χ0) is 18.0. The maximum Gasteiger partial charge on any atom is 0.416 e. The molecule has 1 amide bonds. The van der Waals surface area contributed by atoms with E-state index in [1.807, 2.05) is 12.1 Å². The first kappa shape index (κ1) is 17.7. The van der Waals surface area contributed by atoms with E-state index in [0.29, 0.717) is 26.2 Å². The third-order valence-electron chi connectivity index (χ3n) is 4.06. The summed E-state index contributed by atoms with van der Waals surface area (Å²) in [6.07, 6.45) is -2.68. The number of carbonyl (C=O) groups excluding carboxylic acids is 1. The predicted molar refractivity (Wildman–Crippen MR) is 91.5 cm³/mol. The number of pyridine rings is 1. The minimum Gasteiger partial charge on any atom is -0.353 e. The lowest BCUT2D eigenvalue weighted by Gasteiger charge is -2.35. The molecule has 0 bridgehead atoms. The Balaban J connectivity index is 1.62. The number of hydrogen-bond donors (Lipinski definition) is 0. The van der Waals surface area contributed by atoms with Crippen molar-refractivity contribution in [2.45, 2.75) is 6.18 Å². The number of nitrogens with zero attached hydrogens (tertiary/aromatic N) is 3. The molecule has 0 saturated carbocycles. The van der Waals surface area contributed by atoms with E-state index >= 15 is 0 Å². The smallest absolute Gasteiger partial charge is 0.353 e. The van der Waals surface area contributed by atoms with Gasteiger partial charge in [-0.1, -0.05) is 0 Å². The second-order valence-electron chi connectivity index (χ2n) is 5.69. The summed E-state index contributed by atoms with van der Waals surface area (Å²) in [5, 5.41) is 0.